The Bertz CT molecular complexity index is 1800. The quantitative estimate of drug-likeness (QED) is 0.199. The molecular formula is C31H32BrIN2O8S. The lowest BCUT2D eigenvalue weighted by molar-refractivity contribution is -0.143. The highest BCUT2D eigenvalue weighted by atomic mass is 127. The Morgan fingerprint density at radius 1 is 1.14 bits per heavy atom. The van der Waals surface area contributed by atoms with Gasteiger partial charge in [0.15, 0.2) is 22.9 Å². The van der Waals surface area contributed by atoms with Crippen LogP contribution in [0, 0.1) is 3.57 Å². The maximum absolute atomic E-state index is 14.2. The average molecular weight is 799 g/mol. The Labute approximate surface area is 280 Å². The fraction of sp³-hybridized carbons (Fsp3) is 0.355. The molecule has 0 aliphatic carbocycles. The van der Waals surface area contributed by atoms with Gasteiger partial charge in [0.05, 0.1) is 51.8 Å². The van der Waals surface area contributed by atoms with Crippen LogP contribution >= 0.6 is 49.9 Å². The number of thiazole rings is 1. The third-order valence-corrected chi connectivity index (χ3v) is 8.59. The first kappa shape index (κ1) is 33.7. The highest BCUT2D eigenvalue weighted by molar-refractivity contribution is 14.1. The number of hydrogen-bond acceptors (Lipinski definition) is 10. The Hall–Kier alpha value is -3.17. The summed E-state index contributed by atoms with van der Waals surface area (Å²) in [5.74, 6) is 0.195. The number of ether oxygens (including phenoxy) is 5. The van der Waals surface area contributed by atoms with E-state index in [-0.39, 0.29) is 30.5 Å². The molecule has 0 radical (unpaired) electrons. The van der Waals surface area contributed by atoms with Gasteiger partial charge in [-0.05, 0) is 93.1 Å². The molecule has 0 fully saturated rings. The molecule has 1 atom stereocenters. The molecule has 3 aromatic rings. The van der Waals surface area contributed by atoms with Crippen molar-refractivity contribution >= 4 is 67.9 Å². The van der Waals surface area contributed by atoms with Crippen molar-refractivity contribution in [3.8, 4) is 17.2 Å². The zero-order chi connectivity index (χ0) is 32.1. The number of rotatable bonds is 11. The lowest BCUT2D eigenvalue weighted by atomic mass is 9.95. The molecule has 2 heterocycles. The van der Waals surface area contributed by atoms with Gasteiger partial charge in [0, 0.05) is 10.0 Å². The molecule has 0 saturated heterocycles. The summed E-state index contributed by atoms with van der Waals surface area (Å²) >= 11 is 6.98. The van der Waals surface area contributed by atoms with Crippen LogP contribution in [0.2, 0.25) is 0 Å². The van der Waals surface area contributed by atoms with Crippen molar-refractivity contribution in [3.05, 3.63) is 80.5 Å². The van der Waals surface area contributed by atoms with Crippen LogP contribution in [-0.4, -0.2) is 49.5 Å². The molecule has 44 heavy (non-hydrogen) atoms. The third-order valence-electron chi connectivity index (χ3n) is 6.35. The number of allylic oxidation sites excluding steroid dienone is 1. The summed E-state index contributed by atoms with van der Waals surface area (Å²) in [6, 6.07) is 8.03. The van der Waals surface area contributed by atoms with Crippen LogP contribution in [0.4, 0.5) is 0 Å². The second kappa shape index (κ2) is 14.7. The van der Waals surface area contributed by atoms with Crippen molar-refractivity contribution < 1.29 is 33.3 Å². The van der Waals surface area contributed by atoms with Crippen LogP contribution < -0.4 is 29.1 Å². The van der Waals surface area contributed by atoms with Gasteiger partial charge in [-0.3, -0.25) is 9.36 Å². The maximum Gasteiger partial charge on any atom is 0.343 e. The number of halogens is 2. The van der Waals surface area contributed by atoms with Gasteiger partial charge < -0.3 is 23.7 Å². The van der Waals surface area contributed by atoms with Gasteiger partial charge in [-0.25, -0.2) is 14.6 Å². The minimum absolute atomic E-state index is 0.0769. The molecule has 0 bridgehead atoms. The minimum Gasteiger partial charge on any atom is -0.490 e. The smallest absolute Gasteiger partial charge is 0.343 e. The predicted molar refractivity (Wildman–Crippen MR) is 178 cm³/mol. The van der Waals surface area contributed by atoms with E-state index in [2.05, 4.69) is 48.3 Å². The van der Waals surface area contributed by atoms with Crippen LogP contribution in [0.25, 0.3) is 6.08 Å². The van der Waals surface area contributed by atoms with Crippen LogP contribution in [0.15, 0.2) is 55.9 Å². The molecule has 0 amide bonds. The molecule has 1 aromatic heterocycles. The number of methoxy groups -OCH3 is 1. The molecule has 1 aliphatic heterocycles. The number of fused-ring (bicyclic) bond motifs is 1. The van der Waals surface area contributed by atoms with Crippen LogP contribution in [-0.2, 0) is 19.1 Å². The lowest BCUT2D eigenvalue weighted by Gasteiger charge is -2.25. The van der Waals surface area contributed by atoms with Gasteiger partial charge >= 0.3 is 11.9 Å². The molecule has 13 heteroatoms. The van der Waals surface area contributed by atoms with E-state index in [1.165, 1.54) is 23.0 Å². The molecule has 0 saturated carbocycles. The molecule has 0 unspecified atom stereocenters. The van der Waals surface area contributed by atoms with Gasteiger partial charge in [-0.1, -0.05) is 33.3 Å². The summed E-state index contributed by atoms with van der Waals surface area (Å²) in [4.78, 5) is 44.3. The van der Waals surface area contributed by atoms with E-state index in [0.29, 0.717) is 44.4 Å². The molecule has 0 N–H and O–H groups in total. The fourth-order valence-electron chi connectivity index (χ4n) is 4.57. The summed E-state index contributed by atoms with van der Waals surface area (Å²) in [5, 5.41) is 0. The second-order valence-electron chi connectivity index (χ2n) is 9.78. The Morgan fingerprint density at radius 2 is 1.89 bits per heavy atom. The second-order valence-corrected chi connectivity index (χ2v) is 12.9. The van der Waals surface area contributed by atoms with E-state index >= 15 is 0 Å². The number of esters is 2. The molecule has 10 nitrogen and oxygen atoms in total. The van der Waals surface area contributed by atoms with Crippen LogP contribution in [0.3, 0.4) is 0 Å². The van der Waals surface area contributed by atoms with Crippen molar-refractivity contribution in [3.63, 3.8) is 0 Å². The first-order chi connectivity index (χ1) is 21.0. The van der Waals surface area contributed by atoms with Gasteiger partial charge in [0.1, 0.15) is 5.75 Å². The molecular weight excluding hydrogens is 767 g/mol. The first-order valence-electron chi connectivity index (χ1n) is 13.8. The molecule has 2 aromatic carbocycles. The van der Waals surface area contributed by atoms with E-state index in [4.69, 9.17) is 18.9 Å². The topological polar surface area (TPSA) is 115 Å². The van der Waals surface area contributed by atoms with Crippen molar-refractivity contribution in [2.24, 2.45) is 4.99 Å². The fourth-order valence-corrected chi connectivity index (χ4v) is 7.29. The number of carbonyl (C=O) groups excluding carboxylic acids is 2. The summed E-state index contributed by atoms with van der Waals surface area (Å²) < 4.78 is 31.3. The van der Waals surface area contributed by atoms with Gasteiger partial charge in [-0.15, -0.1) is 0 Å². The normalized spacial score (nSPS) is 14.7. The van der Waals surface area contributed by atoms with E-state index < -0.39 is 18.0 Å². The Balaban J connectivity index is 1.94. The van der Waals surface area contributed by atoms with Crippen molar-refractivity contribution in [2.75, 3.05) is 26.9 Å². The van der Waals surface area contributed by atoms with Gasteiger partial charge in [0.2, 0.25) is 0 Å². The van der Waals surface area contributed by atoms with E-state index in [1.807, 2.05) is 32.9 Å². The maximum atomic E-state index is 14.2. The number of hydrogen-bond donors (Lipinski definition) is 0. The number of carbonyl (C=O) groups is 2. The summed E-state index contributed by atoms with van der Waals surface area (Å²) in [6.07, 6.45) is 1.71. The van der Waals surface area contributed by atoms with Crippen molar-refractivity contribution in [1.82, 2.24) is 4.57 Å². The van der Waals surface area contributed by atoms with E-state index in [9.17, 15) is 14.4 Å². The van der Waals surface area contributed by atoms with Crippen molar-refractivity contribution in [1.29, 1.82) is 0 Å². The zero-order valence-corrected chi connectivity index (χ0v) is 29.6. The standard InChI is InChI=1S/C31H32BrIN2O8S/c1-7-40-23-12-18(9-10-22(23)42-15-25(36)39-6)27-26(30(38)41-8-2)17(5)34-31-35(27)29(37)24(44-31)13-19-11-20(32)14-21(33)28(19)43-16(3)4/h9-14,16,27H,7-8,15H2,1-6H3/b24-13+/t27-/m0/s1. The monoisotopic (exact) mass is 798 g/mol. The third kappa shape index (κ3) is 7.37. The lowest BCUT2D eigenvalue weighted by Crippen LogP contribution is -2.40. The summed E-state index contributed by atoms with van der Waals surface area (Å²) in [7, 11) is 1.27. The minimum atomic E-state index is -0.865. The Kier molecular flexibility index (Phi) is 11.3. The largest absolute Gasteiger partial charge is 0.490 e. The SMILES string of the molecule is CCOC(=O)C1=C(C)N=c2s/c(=C/c3cc(Br)cc(I)c3OC(C)C)c(=O)n2[C@H]1c1ccc(OCC(=O)OC)c(OCC)c1. The highest BCUT2D eigenvalue weighted by Gasteiger charge is 2.34. The van der Waals surface area contributed by atoms with Crippen molar-refractivity contribution in [2.45, 2.75) is 46.8 Å². The van der Waals surface area contributed by atoms with E-state index in [0.717, 1.165) is 13.6 Å². The molecule has 0 spiro atoms. The summed E-state index contributed by atoms with van der Waals surface area (Å²) in [6.45, 7) is 9.29. The van der Waals surface area contributed by atoms with Crippen LogP contribution in [0.5, 0.6) is 17.2 Å². The van der Waals surface area contributed by atoms with Gasteiger partial charge in [0.25, 0.3) is 5.56 Å². The zero-order valence-electron chi connectivity index (χ0n) is 25.1. The highest BCUT2D eigenvalue weighted by Crippen LogP contribution is 2.37. The number of aromatic nitrogens is 1. The molecule has 4 rings (SSSR count). The molecule has 1 aliphatic rings. The van der Waals surface area contributed by atoms with E-state index in [1.54, 1.807) is 38.1 Å². The Morgan fingerprint density at radius 3 is 2.55 bits per heavy atom. The first-order valence-corrected chi connectivity index (χ1v) is 16.5. The van der Waals surface area contributed by atoms with Gasteiger partial charge in [-0.2, -0.15) is 0 Å². The van der Waals surface area contributed by atoms with Crippen LogP contribution in [0.1, 0.15) is 51.8 Å². The number of nitrogens with zero attached hydrogens (tertiary/aromatic N) is 2. The average Bonchev–Trinajstić information content (AvgIpc) is 3.27. The number of benzene rings is 2. The predicted octanol–water partition coefficient (Wildman–Crippen LogP) is 4.90. The molecule has 234 valence electrons. The summed E-state index contributed by atoms with van der Waals surface area (Å²) in [5.41, 5.74) is 1.64.